The highest BCUT2D eigenvalue weighted by Crippen LogP contribution is 2.32. The fourth-order valence-electron chi connectivity index (χ4n) is 1.92. The lowest BCUT2D eigenvalue weighted by molar-refractivity contribution is 0.522. The molecule has 1 saturated carbocycles. The second-order valence-electron chi connectivity index (χ2n) is 3.34. The average Bonchev–Trinajstić information content (AvgIpc) is 2.34. The molecule has 0 bridgehead atoms. The van der Waals surface area contributed by atoms with Crippen molar-refractivity contribution in [2.45, 2.75) is 30.9 Å². The molecule has 1 aliphatic rings. The molecule has 0 saturated heterocycles. The fraction of sp³-hybridized carbons (Fsp3) is 0.750. The van der Waals surface area contributed by atoms with Crippen LogP contribution in [0, 0.1) is 5.92 Å². The summed E-state index contributed by atoms with van der Waals surface area (Å²) in [5.74, 6) is 0.206. The van der Waals surface area contributed by atoms with E-state index in [-0.39, 0.29) is 11.2 Å². The molecule has 1 rings (SSSR count). The number of primary sulfonamides is 1. The molecule has 0 aromatic rings. The smallest absolute Gasteiger partial charge is 0.212 e. The highest BCUT2D eigenvalue weighted by molar-refractivity contribution is 7.89. The van der Waals surface area contributed by atoms with Crippen molar-refractivity contribution < 1.29 is 8.42 Å². The van der Waals surface area contributed by atoms with Gasteiger partial charge in [-0.25, -0.2) is 13.6 Å². The summed E-state index contributed by atoms with van der Waals surface area (Å²) in [6.45, 7) is 3.61. The minimum absolute atomic E-state index is 0.206. The number of allylic oxidation sites excluding steroid dienone is 1. The van der Waals surface area contributed by atoms with Crippen LogP contribution in [0.3, 0.4) is 0 Å². The van der Waals surface area contributed by atoms with Crippen LogP contribution in [-0.4, -0.2) is 13.7 Å². The van der Waals surface area contributed by atoms with Gasteiger partial charge in [0, 0.05) is 0 Å². The topological polar surface area (TPSA) is 60.2 Å². The van der Waals surface area contributed by atoms with E-state index in [0.717, 1.165) is 25.7 Å². The fourth-order valence-corrected chi connectivity index (χ4v) is 3.20. The van der Waals surface area contributed by atoms with E-state index in [9.17, 15) is 8.42 Å². The van der Waals surface area contributed by atoms with E-state index in [1.807, 2.05) is 0 Å². The Morgan fingerprint density at radius 3 is 2.67 bits per heavy atom. The third-order valence-corrected chi connectivity index (χ3v) is 3.95. The van der Waals surface area contributed by atoms with Gasteiger partial charge in [-0.05, 0) is 25.2 Å². The zero-order valence-corrected chi connectivity index (χ0v) is 7.89. The summed E-state index contributed by atoms with van der Waals surface area (Å²) in [4.78, 5) is 0. The molecule has 0 aromatic carbocycles. The van der Waals surface area contributed by atoms with E-state index in [1.54, 1.807) is 6.08 Å². The minimum Gasteiger partial charge on any atom is -0.228 e. The summed E-state index contributed by atoms with van der Waals surface area (Å²) in [6, 6.07) is 0. The summed E-state index contributed by atoms with van der Waals surface area (Å²) in [7, 11) is -3.32. The van der Waals surface area contributed by atoms with Gasteiger partial charge in [0.05, 0.1) is 5.25 Å². The van der Waals surface area contributed by atoms with Crippen LogP contribution < -0.4 is 5.14 Å². The Hall–Kier alpha value is -0.350. The van der Waals surface area contributed by atoms with Gasteiger partial charge >= 0.3 is 0 Å². The molecule has 0 aromatic heterocycles. The standard InChI is InChI=1S/C8H15NO2S/c1-2-4-7-5-3-6-8(7)12(9,10)11/h2,7-8H,1,3-6H2,(H2,9,10,11)/t7-,8-/m1/s1. The third-order valence-electron chi connectivity index (χ3n) is 2.48. The molecule has 2 N–H and O–H groups in total. The molecular formula is C8H15NO2S. The molecule has 0 aliphatic heterocycles. The first kappa shape index (κ1) is 9.74. The molecule has 0 amide bonds. The number of sulfonamides is 1. The van der Waals surface area contributed by atoms with E-state index in [1.165, 1.54) is 0 Å². The summed E-state index contributed by atoms with van der Waals surface area (Å²) >= 11 is 0. The molecular weight excluding hydrogens is 174 g/mol. The predicted octanol–water partition coefficient (Wildman–Crippen LogP) is 1.02. The van der Waals surface area contributed by atoms with Crippen molar-refractivity contribution in [1.29, 1.82) is 0 Å². The SMILES string of the molecule is C=CC[C@@H]1CCC[C@H]1S(N)(=O)=O. The van der Waals surface area contributed by atoms with Gasteiger partial charge in [0.1, 0.15) is 0 Å². The van der Waals surface area contributed by atoms with Crippen molar-refractivity contribution >= 4 is 10.0 Å². The minimum atomic E-state index is -3.32. The Bertz CT molecular complexity index is 258. The van der Waals surface area contributed by atoms with Gasteiger partial charge < -0.3 is 0 Å². The predicted molar refractivity (Wildman–Crippen MR) is 49.1 cm³/mol. The molecule has 0 spiro atoms. The van der Waals surface area contributed by atoms with Crippen LogP contribution in [0.5, 0.6) is 0 Å². The molecule has 0 unspecified atom stereocenters. The van der Waals surface area contributed by atoms with Crippen LogP contribution in [0.15, 0.2) is 12.7 Å². The van der Waals surface area contributed by atoms with Crippen LogP contribution >= 0.6 is 0 Å². The first-order valence-corrected chi connectivity index (χ1v) is 5.79. The van der Waals surface area contributed by atoms with Crippen molar-refractivity contribution in [3.8, 4) is 0 Å². The maximum atomic E-state index is 11.1. The van der Waals surface area contributed by atoms with Gasteiger partial charge in [-0.1, -0.05) is 12.5 Å². The molecule has 3 nitrogen and oxygen atoms in total. The van der Waals surface area contributed by atoms with Crippen LogP contribution in [0.1, 0.15) is 25.7 Å². The maximum absolute atomic E-state index is 11.1. The second-order valence-corrected chi connectivity index (χ2v) is 5.13. The summed E-state index contributed by atoms with van der Waals surface area (Å²) < 4.78 is 22.1. The largest absolute Gasteiger partial charge is 0.228 e. The highest BCUT2D eigenvalue weighted by atomic mass is 32.2. The molecule has 2 atom stereocenters. The number of rotatable bonds is 3. The highest BCUT2D eigenvalue weighted by Gasteiger charge is 2.34. The van der Waals surface area contributed by atoms with Crippen molar-refractivity contribution in [3.05, 3.63) is 12.7 Å². The molecule has 12 heavy (non-hydrogen) atoms. The Kier molecular flexibility index (Phi) is 2.90. The molecule has 70 valence electrons. The van der Waals surface area contributed by atoms with Crippen molar-refractivity contribution in [2.75, 3.05) is 0 Å². The lowest BCUT2D eigenvalue weighted by Crippen LogP contribution is -2.31. The van der Waals surface area contributed by atoms with Gasteiger partial charge in [-0.2, -0.15) is 0 Å². The Morgan fingerprint density at radius 1 is 1.50 bits per heavy atom. The van der Waals surface area contributed by atoms with Crippen LogP contribution in [0.4, 0.5) is 0 Å². The molecule has 0 radical (unpaired) electrons. The monoisotopic (exact) mass is 189 g/mol. The van der Waals surface area contributed by atoms with Crippen molar-refractivity contribution in [1.82, 2.24) is 0 Å². The Balaban J connectivity index is 2.70. The zero-order valence-electron chi connectivity index (χ0n) is 7.07. The summed E-state index contributed by atoms with van der Waals surface area (Å²) in [6.07, 6.45) is 5.19. The first-order chi connectivity index (χ1) is 5.55. The van der Waals surface area contributed by atoms with Crippen LogP contribution in [0.2, 0.25) is 0 Å². The number of nitrogens with two attached hydrogens (primary N) is 1. The first-order valence-electron chi connectivity index (χ1n) is 4.18. The number of hydrogen-bond acceptors (Lipinski definition) is 2. The van der Waals surface area contributed by atoms with E-state index in [4.69, 9.17) is 5.14 Å². The van der Waals surface area contributed by atoms with Crippen LogP contribution in [0.25, 0.3) is 0 Å². The summed E-state index contributed by atoms with van der Waals surface area (Å²) in [5, 5.41) is 4.78. The lowest BCUT2D eigenvalue weighted by Gasteiger charge is -2.14. The molecule has 0 heterocycles. The summed E-state index contributed by atoms with van der Waals surface area (Å²) in [5.41, 5.74) is 0. The molecule has 1 fully saturated rings. The normalized spacial score (nSPS) is 30.4. The van der Waals surface area contributed by atoms with Crippen molar-refractivity contribution in [2.24, 2.45) is 11.1 Å². The van der Waals surface area contributed by atoms with E-state index >= 15 is 0 Å². The van der Waals surface area contributed by atoms with Crippen LogP contribution in [-0.2, 0) is 10.0 Å². The van der Waals surface area contributed by atoms with Crippen molar-refractivity contribution in [3.63, 3.8) is 0 Å². The van der Waals surface area contributed by atoms with Gasteiger partial charge in [0.2, 0.25) is 10.0 Å². The number of hydrogen-bond donors (Lipinski definition) is 1. The molecule has 1 aliphatic carbocycles. The van der Waals surface area contributed by atoms with Gasteiger partial charge in [0.15, 0.2) is 0 Å². The maximum Gasteiger partial charge on any atom is 0.212 e. The van der Waals surface area contributed by atoms with Gasteiger partial charge in [-0.15, -0.1) is 6.58 Å². The van der Waals surface area contributed by atoms with Gasteiger partial charge in [0.25, 0.3) is 0 Å². The second kappa shape index (κ2) is 3.58. The van der Waals surface area contributed by atoms with E-state index < -0.39 is 10.0 Å². The Morgan fingerprint density at radius 2 is 2.17 bits per heavy atom. The third kappa shape index (κ3) is 2.08. The quantitative estimate of drug-likeness (QED) is 0.674. The zero-order chi connectivity index (χ0) is 9.19. The average molecular weight is 189 g/mol. The molecule has 4 heteroatoms. The van der Waals surface area contributed by atoms with Gasteiger partial charge in [-0.3, -0.25) is 0 Å². The lowest BCUT2D eigenvalue weighted by atomic mass is 10.0. The van der Waals surface area contributed by atoms with E-state index in [0.29, 0.717) is 0 Å². The van der Waals surface area contributed by atoms with E-state index in [2.05, 4.69) is 6.58 Å². The Labute approximate surface area is 73.7 Å².